The highest BCUT2D eigenvalue weighted by molar-refractivity contribution is 7.98. The fourth-order valence-corrected chi connectivity index (χ4v) is 3.20. The Bertz CT molecular complexity index is 479. The molecular weight excluding hydrogens is 302 g/mol. The van der Waals surface area contributed by atoms with E-state index in [2.05, 4.69) is 10.4 Å². The van der Waals surface area contributed by atoms with Gasteiger partial charge in [-0.05, 0) is 13.3 Å². The third-order valence-corrected chi connectivity index (χ3v) is 4.27. The third-order valence-electron chi connectivity index (χ3n) is 2.78. The van der Waals surface area contributed by atoms with E-state index in [0.29, 0.717) is 23.7 Å². The Hall–Kier alpha value is -1.21. The average Bonchev–Trinajstić information content (AvgIpc) is 2.74. The Morgan fingerprint density at radius 3 is 2.80 bits per heavy atom. The van der Waals surface area contributed by atoms with Crippen LogP contribution in [0.3, 0.4) is 0 Å². The molecule has 1 heterocycles. The number of rotatable bonds is 9. The molecule has 6 nitrogen and oxygen atoms in total. The smallest absolute Gasteiger partial charge is 0.327 e. The van der Waals surface area contributed by atoms with Crippen LogP contribution < -0.4 is 5.32 Å². The summed E-state index contributed by atoms with van der Waals surface area (Å²) in [6.45, 7) is 4.68. The van der Waals surface area contributed by atoms with Crippen molar-refractivity contribution in [1.82, 2.24) is 15.1 Å². The summed E-state index contributed by atoms with van der Waals surface area (Å²) in [5.74, 6) is -0.209. The molecular formula is C12H18ClN3O3S. The van der Waals surface area contributed by atoms with Crippen LogP contribution in [0.15, 0.2) is 0 Å². The summed E-state index contributed by atoms with van der Waals surface area (Å²) >= 11 is 7.67. The molecule has 112 valence electrons. The van der Waals surface area contributed by atoms with E-state index in [-0.39, 0.29) is 5.75 Å². The van der Waals surface area contributed by atoms with Crippen molar-refractivity contribution in [3.63, 3.8) is 0 Å². The van der Waals surface area contributed by atoms with Gasteiger partial charge < -0.3 is 10.4 Å². The summed E-state index contributed by atoms with van der Waals surface area (Å²) < 4.78 is 1.83. The van der Waals surface area contributed by atoms with Gasteiger partial charge in [0.1, 0.15) is 6.04 Å². The maximum atomic E-state index is 10.9. The van der Waals surface area contributed by atoms with Crippen LogP contribution in [0.1, 0.15) is 25.2 Å². The number of nitrogens with zero attached hydrogens (tertiary/aromatic N) is 2. The molecule has 0 aliphatic carbocycles. The topological polar surface area (TPSA) is 84.2 Å². The Morgan fingerprint density at radius 2 is 2.30 bits per heavy atom. The van der Waals surface area contributed by atoms with Gasteiger partial charge >= 0.3 is 5.97 Å². The zero-order valence-corrected chi connectivity index (χ0v) is 13.0. The third kappa shape index (κ3) is 4.14. The van der Waals surface area contributed by atoms with Crippen molar-refractivity contribution in [3.05, 3.63) is 16.4 Å². The number of nitrogens with one attached hydrogen (secondary N) is 1. The van der Waals surface area contributed by atoms with Crippen molar-refractivity contribution in [2.45, 2.75) is 38.6 Å². The van der Waals surface area contributed by atoms with Crippen molar-refractivity contribution >= 4 is 35.7 Å². The molecule has 8 heteroatoms. The van der Waals surface area contributed by atoms with Gasteiger partial charge in [-0.2, -0.15) is 16.9 Å². The number of halogens is 1. The lowest BCUT2D eigenvalue weighted by Crippen LogP contribution is -2.37. The molecule has 1 aromatic rings. The van der Waals surface area contributed by atoms with Gasteiger partial charge in [-0.15, -0.1) is 0 Å². The molecule has 1 rings (SSSR count). The minimum atomic E-state index is -1.05. The first kappa shape index (κ1) is 16.8. The average molecular weight is 320 g/mol. The van der Waals surface area contributed by atoms with Crippen LogP contribution in [0.4, 0.5) is 0 Å². The Labute approximate surface area is 126 Å². The van der Waals surface area contributed by atoms with Crippen molar-refractivity contribution in [2.24, 2.45) is 0 Å². The number of hydrogen-bond acceptors (Lipinski definition) is 4. The second kappa shape index (κ2) is 8.16. The number of amides is 1. The van der Waals surface area contributed by atoms with E-state index in [4.69, 9.17) is 16.7 Å². The molecule has 0 radical (unpaired) electrons. The molecule has 0 saturated carbocycles. The molecule has 2 N–H and O–H groups in total. The Morgan fingerprint density at radius 1 is 1.60 bits per heavy atom. The predicted molar refractivity (Wildman–Crippen MR) is 79.1 cm³/mol. The lowest BCUT2D eigenvalue weighted by atomic mass is 10.3. The van der Waals surface area contributed by atoms with Gasteiger partial charge in [-0.3, -0.25) is 9.48 Å². The summed E-state index contributed by atoms with van der Waals surface area (Å²) in [5, 5.41) is 16.2. The number of aliphatic carboxylic acids is 1. The number of aryl methyl sites for hydroxylation is 2. The number of carboxylic acids is 1. The number of carboxylic acid groups (broad SMARTS) is 1. The zero-order valence-electron chi connectivity index (χ0n) is 11.4. The van der Waals surface area contributed by atoms with E-state index < -0.39 is 12.0 Å². The second-order valence-electron chi connectivity index (χ2n) is 4.07. The molecule has 0 saturated heterocycles. The van der Waals surface area contributed by atoms with Crippen LogP contribution in [0, 0.1) is 0 Å². The monoisotopic (exact) mass is 319 g/mol. The van der Waals surface area contributed by atoms with E-state index in [1.165, 1.54) is 11.8 Å². The molecule has 0 fully saturated rings. The largest absolute Gasteiger partial charge is 0.480 e. The highest BCUT2D eigenvalue weighted by atomic mass is 35.5. The summed E-state index contributed by atoms with van der Waals surface area (Å²) in [4.78, 5) is 21.2. The van der Waals surface area contributed by atoms with Crippen molar-refractivity contribution in [1.29, 1.82) is 0 Å². The van der Waals surface area contributed by atoms with E-state index in [0.717, 1.165) is 17.8 Å². The lowest BCUT2D eigenvalue weighted by molar-refractivity contribution is -0.139. The van der Waals surface area contributed by atoms with Gasteiger partial charge in [0.05, 0.1) is 16.4 Å². The molecule has 1 aromatic heterocycles. The summed E-state index contributed by atoms with van der Waals surface area (Å²) in [6.07, 6.45) is 1.16. The van der Waals surface area contributed by atoms with Crippen LogP contribution in [0.25, 0.3) is 0 Å². The van der Waals surface area contributed by atoms with E-state index >= 15 is 0 Å². The van der Waals surface area contributed by atoms with Crippen molar-refractivity contribution in [3.8, 4) is 0 Å². The van der Waals surface area contributed by atoms with Crippen LogP contribution >= 0.6 is 23.4 Å². The fraction of sp³-hybridized carbons (Fsp3) is 0.583. The molecule has 0 aromatic carbocycles. The molecule has 1 amide bonds. The van der Waals surface area contributed by atoms with Crippen LogP contribution in [-0.2, 0) is 28.3 Å². The Kier molecular flexibility index (Phi) is 6.87. The second-order valence-corrected chi connectivity index (χ2v) is 5.48. The minimum absolute atomic E-state index is 0.279. The molecule has 0 spiro atoms. The summed E-state index contributed by atoms with van der Waals surface area (Å²) in [7, 11) is 0. The van der Waals surface area contributed by atoms with E-state index in [1.54, 1.807) is 0 Å². The van der Waals surface area contributed by atoms with Gasteiger partial charge in [0.2, 0.25) is 6.41 Å². The molecule has 20 heavy (non-hydrogen) atoms. The lowest BCUT2D eigenvalue weighted by Gasteiger charge is -2.11. The number of carbonyl (C=O) groups excluding carboxylic acids is 1. The number of aromatic nitrogens is 2. The normalized spacial score (nSPS) is 12.2. The highest BCUT2D eigenvalue weighted by Gasteiger charge is 2.18. The zero-order chi connectivity index (χ0) is 15.1. The first-order valence-corrected chi connectivity index (χ1v) is 7.82. The van der Waals surface area contributed by atoms with Gasteiger partial charge in [0.15, 0.2) is 0 Å². The van der Waals surface area contributed by atoms with Gasteiger partial charge in [-0.1, -0.05) is 18.5 Å². The summed E-state index contributed by atoms with van der Waals surface area (Å²) in [6, 6.07) is -0.889. The highest BCUT2D eigenvalue weighted by Crippen LogP contribution is 2.25. The maximum absolute atomic E-state index is 10.9. The van der Waals surface area contributed by atoms with Crippen LogP contribution in [-0.4, -0.2) is 39.1 Å². The SMILES string of the molecule is CCc1nn(CC)c(CSCC(NC=O)C(=O)O)c1Cl. The Balaban J connectivity index is 2.67. The number of carbonyl (C=O) groups is 2. The van der Waals surface area contributed by atoms with Gasteiger partial charge in [-0.25, -0.2) is 4.79 Å². The molecule has 0 bridgehead atoms. The predicted octanol–water partition coefficient (Wildman–Crippen LogP) is 1.55. The van der Waals surface area contributed by atoms with Crippen LogP contribution in [0.2, 0.25) is 5.02 Å². The first-order valence-electron chi connectivity index (χ1n) is 6.29. The molecule has 1 atom stereocenters. The number of hydrogen-bond donors (Lipinski definition) is 2. The molecule has 0 aliphatic rings. The number of thioether (sulfide) groups is 1. The van der Waals surface area contributed by atoms with E-state index in [1.807, 2.05) is 18.5 Å². The standard InChI is InChI=1S/C12H18ClN3O3S/c1-3-8-11(13)10(16(4-2)15-8)6-20-5-9(12(18)19)14-7-17/h7,9H,3-6H2,1-2H3,(H,14,17)(H,18,19). The molecule has 1 unspecified atom stereocenters. The fourth-order valence-electron chi connectivity index (χ4n) is 1.70. The minimum Gasteiger partial charge on any atom is -0.480 e. The quantitative estimate of drug-likeness (QED) is 0.675. The van der Waals surface area contributed by atoms with E-state index in [9.17, 15) is 9.59 Å². The first-order chi connectivity index (χ1) is 9.54. The van der Waals surface area contributed by atoms with Crippen LogP contribution in [0.5, 0.6) is 0 Å². The molecule has 0 aliphatic heterocycles. The van der Waals surface area contributed by atoms with Gasteiger partial charge in [0, 0.05) is 18.1 Å². The maximum Gasteiger partial charge on any atom is 0.327 e. The van der Waals surface area contributed by atoms with Crippen molar-refractivity contribution < 1.29 is 14.7 Å². The van der Waals surface area contributed by atoms with Crippen molar-refractivity contribution in [2.75, 3.05) is 5.75 Å². The summed E-state index contributed by atoms with van der Waals surface area (Å²) in [5.41, 5.74) is 1.75. The van der Waals surface area contributed by atoms with Gasteiger partial charge in [0.25, 0.3) is 0 Å².